The van der Waals surface area contributed by atoms with Crippen molar-refractivity contribution >= 4 is 17.3 Å². The summed E-state index contributed by atoms with van der Waals surface area (Å²) in [5.41, 5.74) is 9.44. The fraction of sp³-hybridized carbons (Fsp3) is 0.417. The van der Waals surface area contributed by atoms with E-state index >= 15 is 0 Å². The van der Waals surface area contributed by atoms with Crippen LogP contribution in [0.25, 0.3) is 0 Å². The van der Waals surface area contributed by atoms with Crippen molar-refractivity contribution < 1.29 is 4.79 Å². The molecule has 3 N–H and O–H groups in total. The maximum absolute atomic E-state index is 11.6. The molecule has 1 aliphatic rings. The molecule has 0 unspecified atom stereocenters. The van der Waals surface area contributed by atoms with Crippen LogP contribution in [0.4, 0.5) is 11.4 Å². The summed E-state index contributed by atoms with van der Waals surface area (Å²) < 4.78 is 0. The lowest BCUT2D eigenvalue weighted by atomic mass is 10.1. The van der Waals surface area contributed by atoms with Gasteiger partial charge in [-0.05, 0) is 49.9 Å². The average Bonchev–Trinajstić information content (AvgIpc) is 2.93. The number of hydrogen-bond acceptors (Lipinski definition) is 2. The van der Waals surface area contributed by atoms with Crippen molar-refractivity contribution in [2.24, 2.45) is 5.92 Å². The molecular weight excluding hydrogens is 188 g/mol. The molecule has 1 aliphatic carbocycles. The zero-order valence-electron chi connectivity index (χ0n) is 9.13. The number of rotatable bonds is 2. The molecule has 1 aromatic rings. The summed E-state index contributed by atoms with van der Waals surface area (Å²) in [6.45, 7) is 3.93. The van der Waals surface area contributed by atoms with Gasteiger partial charge in [0, 0.05) is 17.3 Å². The molecule has 0 heterocycles. The molecule has 80 valence electrons. The van der Waals surface area contributed by atoms with Gasteiger partial charge >= 0.3 is 0 Å². The number of nitrogen functional groups attached to an aromatic ring is 1. The van der Waals surface area contributed by atoms with E-state index in [1.165, 1.54) is 0 Å². The summed E-state index contributed by atoms with van der Waals surface area (Å²) in [6, 6.07) is 3.77. The predicted octanol–water partition coefficient (Wildman–Crippen LogP) is 2.23. The highest BCUT2D eigenvalue weighted by molar-refractivity contribution is 5.95. The monoisotopic (exact) mass is 204 g/mol. The summed E-state index contributed by atoms with van der Waals surface area (Å²) in [5, 5.41) is 2.97. The van der Waals surface area contributed by atoms with Gasteiger partial charge in [-0.2, -0.15) is 0 Å². The Bertz CT molecular complexity index is 385. The van der Waals surface area contributed by atoms with Gasteiger partial charge in [0.1, 0.15) is 0 Å². The summed E-state index contributed by atoms with van der Waals surface area (Å²) in [7, 11) is 0. The van der Waals surface area contributed by atoms with Gasteiger partial charge in [-0.15, -0.1) is 0 Å². The van der Waals surface area contributed by atoms with Gasteiger partial charge in [0.05, 0.1) is 0 Å². The number of hydrogen-bond donors (Lipinski definition) is 2. The van der Waals surface area contributed by atoms with E-state index in [0.717, 1.165) is 35.3 Å². The van der Waals surface area contributed by atoms with Crippen molar-refractivity contribution in [3.8, 4) is 0 Å². The number of aryl methyl sites for hydroxylation is 2. The third-order valence-electron chi connectivity index (χ3n) is 2.75. The molecule has 0 aromatic heterocycles. The number of carbonyl (C=O) groups excluding carboxylic acids is 1. The zero-order chi connectivity index (χ0) is 11.0. The summed E-state index contributed by atoms with van der Waals surface area (Å²) >= 11 is 0. The van der Waals surface area contributed by atoms with Crippen molar-refractivity contribution in [2.75, 3.05) is 11.1 Å². The number of amides is 1. The maximum atomic E-state index is 11.6. The molecule has 0 radical (unpaired) electrons. The first-order chi connectivity index (χ1) is 7.08. The Morgan fingerprint density at radius 3 is 2.33 bits per heavy atom. The molecule has 15 heavy (non-hydrogen) atoms. The van der Waals surface area contributed by atoms with Crippen molar-refractivity contribution in [1.82, 2.24) is 0 Å². The predicted molar refractivity (Wildman–Crippen MR) is 61.7 cm³/mol. The molecule has 0 bridgehead atoms. The lowest BCUT2D eigenvalue weighted by Gasteiger charge is -2.12. The van der Waals surface area contributed by atoms with Gasteiger partial charge in [0.15, 0.2) is 0 Å². The molecule has 0 spiro atoms. The standard InChI is InChI=1S/C12H16N2O/c1-7-5-10(13)6-8(2)11(7)14-12(15)9-3-4-9/h5-6,9H,3-4,13H2,1-2H3,(H,14,15). The van der Waals surface area contributed by atoms with E-state index in [9.17, 15) is 4.79 Å². The number of nitrogens with two attached hydrogens (primary N) is 1. The molecule has 1 saturated carbocycles. The minimum absolute atomic E-state index is 0.144. The topological polar surface area (TPSA) is 55.1 Å². The minimum Gasteiger partial charge on any atom is -0.399 e. The highest BCUT2D eigenvalue weighted by atomic mass is 16.2. The summed E-state index contributed by atoms with van der Waals surface area (Å²) in [4.78, 5) is 11.6. The Morgan fingerprint density at radius 2 is 1.87 bits per heavy atom. The van der Waals surface area contributed by atoms with Crippen LogP contribution in [0.5, 0.6) is 0 Å². The summed E-state index contributed by atoms with van der Waals surface area (Å²) in [6.07, 6.45) is 2.05. The fourth-order valence-electron chi connectivity index (χ4n) is 1.76. The van der Waals surface area contributed by atoms with E-state index in [2.05, 4.69) is 5.32 Å². The van der Waals surface area contributed by atoms with E-state index in [4.69, 9.17) is 5.73 Å². The first kappa shape index (κ1) is 10.0. The third-order valence-corrected chi connectivity index (χ3v) is 2.75. The second-order valence-corrected chi connectivity index (χ2v) is 4.29. The first-order valence-corrected chi connectivity index (χ1v) is 5.25. The molecule has 0 aliphatic heterocycles. The highest BCUT2D eigenvalue weighted by Crippen LogP contribution is 2.31. The van der Waals surface area contributed by atoms with Gasteiger partial charge in [-0.1, -0.05) is 0 Å². The van der Waals surface area contributed by atoms with Crippen molar-refractivity contribution in [1.29, 1.82) is 0 Å². The van der Waals surface area contributed by atoms with Crippen LogP contribution in [-0.4, -0.2) is 5.91 Å². The third kappa shape index (κ3) is 2.12. The minimum atomic E-state index is 0.144. The SMILES string of the molecule is Cc1cc(N)cc(C)c1NC(=O)C1CC1. The Kier molecular flexibility index (Phi) is 2.39. The quantitative estimate of drug-likeness (QED) is 0.726. The molecule has 1 amide bonds. The molecule has 3 nitrogen and oxygen atoms in total. The second kappa shape index (κ2) is 3.57. The van der Waals surface area contributed by atoms with Crippen molar-refractivity contribution in [3.63, 3.8) is 0 Å². The Hall–Kier alpha value is -1.51. The normalized spacial score (nSPS) is 15.1. The number of benzene rings is 1. The van der Waals surface area contributed by atoms with Crippen LogP contribution in [0.1, 0.15) is 24.0 Å². The fourth-order valence-corrected chi connectivity index (χ4v) is 1.76. The largest absolute Gasteiger partial charge is 0.399 e. The molecule has 3 heteroatoms. The average molecular weight is 204 g/mol. The zero-order valence-corrected chi connectivity index (χ0v) is 9.13. The molecular formula is C12H16N2O. The molecule has 0 atom stereocenters. The van der Waals surface area contributed by atoms with Gasteiger partial charge in [-0.3, -0.25) is 4.79 Å². The van der Waals surface area contributed by atoms with Gasteiger partial charge in [-0.25, -0.2) is 0 Å². The Morgan fingerprint density at radius 1 is 1.33 bits per heavy atom. The smallest absolute Gasteiger partial charge is 0.227 e. The van der Waals surface area contributed by atoms with Crippen LogP contribution in [-0.2, 0) is 4.79 Å². The molecule has 0 saturated heterocycles. The van der Waals surface area contributed by atoms with E-state index in [1.54, 1.807) is 0 Å². The summed E-state index contributed by atoms with van der Waals surface area (Å²) in [5.74, 6) is 0.382. The van der Waals surface area contributed by atoms with E-state index in [-0.39, 0.29) is 11.8 Å². The van der Waals surface area contributed by atoms with Crippen LogP contribution in [0.2, 0.25) is 0 Å². The first-order valence-electron chi connectivity index (χ1n) is 5.25. The molecule has 2 rings (SSSR count). The lowest BCUT2D eigenvalue weighted by Crippen LogP contribution is -2.15. The van der Waals surface area contributed by atoms with Gasteiger partial charge in [0.2, 0.25) is 5.91 Å². The van der Waals surface area contributed by atoms with Crippen LogP contribution < -0.4 is 11.1 Å². The molecule has 1 aromatic carbocycles. The lowest BCUT2D eigenvalue weighted by molar-refractivity contribution is -0.117. The van der Waals surface area contributed by atoms with E-state index in [1.807, 2.05) is 26.0 Å². The number of anilines is 2. The Labute approximate surface area is 89.7 Å². The van der Waals surface area contributed by atoms with Crippen molar-refractivity contribution in [2.45, 2.75) is 26.7 Å². The number of carbonyl (C=O) groups is 1. The van der Waals surface area contributed by atoms with Gasteiger partial charge in [0.25, 0.3) is 0 Å². The van der Waals surface area contributed by atoms with Crippen LogP contribution in [0, 0.1) is 19.8 Å². The second-order valence-electron chi connectivity index (χ2n) is 4.29. The molecule has 1 fully saturated rings. The van der Waals surface area contributed by atoms with Crippen LogP contribution >= 0.6 is 0 Å². The Balaban J connectivity index is 2.23. The number of nitrogens with one attached hydrogen (secondary N) is 1. The van der Waals surface area contributed by atoms with Crippen LogP contribution in [0.3, 0.4) is 0 Å². The van der Waals surface area contributed by atoms with E-state index in [0.29, 0.717) is 0 Å². The highest BCUT2D eigenvalue weighted by Gasteiger charge is 2.30. The maximum Gasteiger partial charge on any atom is 0.227 e. The van der Waals surface area contributed by atoms with Crippen molar-refractivity contribution in [3.05, 3.63) is 23.3 Å². The van der Waals surface area contributed by atoms with E-state index < -0.39 is 0 Å². The van der Waals surface area contributed by atoms with Crippen LogP contribution in [0.15, 0.2) is 12.1 Å². The van der Waals surface area contributed by atoms with Gasteiger partial charge < -0.3 is 11.1 Å².